The van der Waals surface area contributed by atoms with Crippen LogP contribution in [-0.4, -0.2) is 20.3 Å². The number of hydrogen-bond acceptors (Lipinski definition) is 4. The first kappa shape index (κ1) is 14.4. The van der Waals surface area contributed by atoms with Gasteiger partial charge in [0.1, 0.15) is 5.69 Å². The molecule has 5 heteroatoms. The lowest BCUT2D eigenvalue weighted by atomic mass is 10.0. The highest BCUT2D eigenvalue weighted by molar-refractivity contribution is 5.66. The molecule has 1 N–H and O–H groups in total. The quantitative estimate of drug-likeness (QED) is 0.608. The highest BCUT2D eigenvalue weighted by atomic mass is 16.5. The van der Waals surface area contributed by atoms with Crippen LogP contribution >= 0.6 is 0 Å². The Bertz CT molecular complexity index is 986. The van der Waals surface area contributed by atoms with E-state index >= 15 is 0 Å². The van der Waals surface area contributed by atoms with Gasteiger partial charge in [0.2, 0.25) is 5.82 Å². The van der Waals surface area contributed by atoms with Crippen LogP contribution in [0.25, 0.3) is 34.2 Å². The van der Waals surface area contributed by atoms with Crippen molar-refractivity contribution in [3.63, 3.8) is 0 Å². The molecule has 0 unspecified atom stereocenters. The van der Waals surface area contributed by atoms with Gasteiger partial charge >= 0.3 is 0 Å². The van der Waals surface area contributed by atoms with Crippen LogP contribution < -0.4 is 0 Å². The first-order valence-electron chi connectivity index (χ1n) is 7.73. The molecule has 0 amide bonds. The maximum atomic E-state index is 5.36. The number of H-pyrrole nitrogens is 1. The fourth-order valence-electron chi connectivity index (χ4n) is 2.52. The number of rotatable bonds is 3. The Morgan fingerprint density at radius 1 is 0.875 bits per heavy atom. The Labute approximate surface area is 139 Å². The number of nitrogens with one attached hydrogen (secondary N) is 1. The molecule has 0 aliphatic rings. The average Bonchev–Trinajstić information content (AvgIpc) is 3.27. The SMILES string of the molecule is Cc1ccc(-c2cc(-c3nc(-c4ccccc4)no3)[nH]n2)cc1C. The number of aryl methyl sites for hydroxylation is 2. The van der Waals surface area contributed by atoms with Gasteiger partial charge in [-0.2, -0.15) is 10.1 Å². The van der Waals surface area contributed by atoms with Gasteiger partial charge in [-0.1, -0.05) is 47.6 Å². The molecule has 0 bridgehead atoms. The Balaban J connectivity index is 1.66. The molecule has 0 radical (unpaired) electrons. The Morgan fingerprint density at radius 2 is 1.71 bits per heavy atom. The summed E-state index contributed by atoms with van der Waals surface area (Å²) in [7, 11) is 0. The van der Waals surface area contributed by atoms with Crippen LogP contribution in [0, 0.1) is 13.8 Å². The third-order valence-corrected chi connectivity index (χ3v) is 4.07. The Morgan fingerprint density at radius 3 is 2.50 bits per heavy atom. The minimum absolute atomic E-state index is 0.427. The van der Waals surface area contributed by atoms with Gasteiger partial charge in [0, 0.05) is 11.1 Å². The summed E-state index contributed by atoms with van der Waals surface area (Å²) in [6.07, 6.45) is 0. The van der Waals surface area contributed by atoms with Crippen LogP contribution in [0.5, 0.6) is 0 Å². The summed E-state index contributed by atoms with van der Waals surface area (Å²) in [5.41, 5.74) is 6.04. The molecular formula is C19H16N4O. The summed E-state index contributed by atoms with van der Waals surface area (Å²) in [5, 5.41) is 11.4. The molecule has 4 aromatic rings. The number of benzene rings is 2. The zero-order chi connectivity index (χ0) is 16.5. The number of hydrogen-bond donors (Lipinski definition) is 1. The average molecular weight is 316 g/mol. The van der Waals surface area contributed by atoms with Crippen LogP contribution in [0.4, 0.5) is 0 Å². The predicted molar refractivity (Wildman–Crippen MR) is 92.2 cm³/mol. The van der Waals surface area contributed by atoms with Gasteiger partial charge in [-0.3, -0.25) is 5.10 Å². The van der Waals surface area contributed by atoms with E-state index in [2.05, 4.69) is 52.4 Å². The molecule has 0 aliphatic carbocycles. The zero-order valence-electron chi connectivity index (χ0n) is 13.4. The largest absolute Gasteiger partial charge is 0.332 e. The fraction of sp³-hybridized carbons (Fsp3) is 0.105. The smallest absolute Gasteiger partial charge is 0.276 e. The number of nitrogens with zero attached hydrogens (tertiary/aromatic N) is 3. The first-order chi connectivity index (χ1) is 11.7. The predicted octanol–water partition coefficient (Wildman–Crippen LogP) is 4.41. The molecule has 0 aliphatic heterocycles. The van der Waals surface area contributed by atoms with Crippen LogP contribution in [0.2, 0.25) is 0 Å². The standard InChI is InChI=1S/C19H16N4O/c1-12-8-9-15(10-13(12)2)16-11-17(22-21-16)19-20-18(23-24-19)14-6-4-3-5-7-14/h3-11H,1-2H3,(H,21,22). The van der Waals surface area contributed by atoms with Crippen molar-refractivity contribution in [1.82, 2.24) is 20.3 Å². The number of aromatic amines is 1. The molecule has 0 spiro atoms. The van der Waals surface area contributed by atoms with E-state index in [4.69, 9.17) is 4.52 Å². The zero-order valence-corrected chi connectivity index (χ0v) is 13.4. The van der Waals surface area contributed by atoms with Crippen molar-refractivity contribution in [1.29, 1.82) is 0 Å². The minimum Gasteiger partial charge on any atom is -0.332 e. The van der Waals surface area contributed by atoms with E-state index in [9.17, 15) is 0 Å². The molecule has 0 atom stereocenters. The molecule has 0 saturated heterocycles. The van der Waals surface area contributed by atoms with Gasteiger partial charge in [-0.05, 0) is 37.1 Å². The van der Waals surface area contributed by atoms with Crippen molar-refractivity contribution in [2.45, 2.75) is 13.8 Å². The van der Waals surface area contributed by atoms with Crippen molar-refractivity contribution >= 4 is 0 Å². The maximum Gasteiger partial charge on any atom is 0.276 e. The highest BCUT2D eigenvalue weighted by Crippen LogP contribution is 2.26. The van der Waals surface area contributed by atoms with E-state index in [1.807, 2.05) is 36.4 Å². The Hall–Kier alpha value is -3.21. The van der Waals surface area contributed by atoms with E-state index in [1.165, 1.54) is 11.1 Å². The van der Waals surface area contributed by atoms with Crippen LogP contribution in [0.15, 0.2) is 59.1 Å². The molecule has 118 valence electrons. The van der Waals surface area contributed by atoms with Crippen LogP contribution in [0.1, 0.15) is 11.1 Å². The summed E-state index contributed by atoms with van der Waals surface area (Å²) in [6.45, 7) is 4.19. The lowest BCUT2D eigenvalue weighted by molar-refractivity contribution is 0.431. The van der Waals surface area contributed by atoms with Crippen LogP contribution in [-0.2, 0) is 0 Å². The lowest BCUT2D eigenvalue weighted by Gasteiger charge is -2.01. The Kier molecular flexibility index (Phi) is 3.46. The van der Waals surface area contributed by atoms with Crippen molar-refractivity contribution in [3.8, 4) is 34.2 Å². The van der Waals surface area contributed by atoms with E-state index in [0.717, 1.165) is 16.8 Å². The van der Waals surface area contributed by atoms with Gasteiger partial charge in [0.25, 0.3) is 5.89 Å². The van der Waals surface area contributed by atoms with Crippen molar-refractivity contribution in [2.24, 2.45) is 0 Å². The third kappa shape index (κ3) is 2.60. The second kappa shape index (κ2) is 5.77. The van der Waals surface area contributed by atoms with Crippen LogP contribution in [0.3, 0.4) is 0 Å². The maximum absolute atomic E-state index is 5.36. The molecule has 5 nitrogen and oxygen atoms in total. The van der Waals surface area contributed by atoms with E-state index in [1.54, 1.807) is 0 Å². The second-order valence-electron chi connectivity index (χ2n) is 5.76. The van der Waals surface area contributed by atoms with Crippen molar-refractivity contribution in [2.75, 3.05) is 0 Å². The van der Waals surface area contributed by atoms with Gasteiger partial charge in [-0.25, -0.2) is 0 Å². The second-order valence-corrected chi connectivity index (χ2v) is 5.76. The molecule has 2 aromatic heterocycles. The van der Waals surface area contributed by atoms with Gasteiger partial charge < -0.3 is 4.52 Å². The molecule has 2 aromatic carbocycles. The third-order valence-electron chi connectivity index (χ3n) is 4.07. The van der Waals surface area contributed by atoms with Gasteiger partial charge in [0.15, 0.2) is 0 Å². The minimum atomic E-state index is 0.427. The molecule has 0 saturated carbocycles. The normalized spacial score (nSPS) is 10.9. The summed E-state index contributed by atoms with van der Waals surface area (Å²) in [6, 6.07) is 17.9. The monoisotopic (exact) mass is 316 g/mol. The van der Waals surface area contributed by atoms with Gasteiger partial charge in [-0.15, -0.1) is 0 Å². The van der Waals surface area contributed by atoms with Crippen molar-refractivity contribution < 1.29 is 4.52 Å². The highest BCUT2D eigenvalue weighted by Gasteiger charge is 2.14. The topological polar surface area (TPSA) is 67.6 Å². The summed E-state index contributed by atoms with van der Waals surface area (Å²) >= 11 is 0. The van der Waals surface area contributed by atoms with E-state index < -0.39 is 0 Å². The van der Waals surface area contributed by atoms with E-state index in [-0.39, 0.29) is 0 Å². The fourth-order valence-corrected chi connectivity index (χ4v) is 2.52. The molecule has 24 heavy (non-hydrogen) atoms. The van der Waals surface area contributed by atoms with Gasteiger partial charge in [0.05, 0.1) is 5.69 Å². The molecular weight excluding hydrogens is 300 g/mol. The molecule has 0 fully saturated rings. The summed E-state index contributed by atoms with van der Waals surface area (Å²) < 4.78 is 5.36. The molecule has 4 rings (SSSR count). The lowest BCUT2D eigenvalue weighted by Crippen LogP contribution is -1.83. The summed E-state index contributed by atoms with van der Waals surface area (Å²) in [5.74, 6) is 0.990. The summed E-state index contributed by atoms with van der Waals surface area (Å²) in [4.78, 5) is 4.44. The van der Waals surface area contributed by atoms with E-state index in [0.29, 0.717) is 17.4 Å². The number of aromatic nitrogens is 4. The first-order valence-corrected chi connectivity index (χ1v) is 7.73. The van der Waals surface area contributed by atoms with Crippen molar-refractivity contribution in [3.05, 3.63) is 65.7 Å². The molecule has 2 heterocycles.